The first-order valence-corrected chi connectivity index (χ1v) is 7.03. The van der Waals surface area contributed by atoms with Crippen LogP contribution in [-0.2, 0) is 4.79 Å². The molecule has 1 atom stereocenters. The van der Waals surface area contributed by atoms with E-state index in [0.29, 0.717) is 0 Å². The maximum Gasteiger partial charge on any atom is 0.226 e. The molecular weight excluding hydrogens is 212 g/mol. The Morgan fingerprint density at radius 1 is 1.00 bits per heavy atom. The average Bonchev–Trinajstić information content (AvgIpc) is 2.66. The number of hydrogen-bond acceptors (Lipinski definition) is 2. The number of piperidine rings is 1. The molecule has 2 rings (SSSR count). The predicted molar refractivity (Wildman–Crippen MR) is 66.2 cm³/mol. The Kier molecular flexibility index (Phi) is 4.42. The lowest BCUT2D eigenvalue weighted by molar-refractivity contribution is -0.138. The zero-order chi connectivity index (χ0) is 12.1. The molecule has 1 amide bonds. The molecule has 0 N–H and O–H groups in total. The van der Waals surface area contributed by atoms with E-state index in [4.69, 9.17) is 5.26 Å². The molecule has 3 nitrogen and oxygen atoms in total. The third-order valence-electron chi connectivity index (χ3n) is 4.14. The molecule has 1 heterocycles. The summed E-state index contributed by atoms with van der Waals surface area (Å²) >= 11 is 0. The molecule has 1 aliphatic carbocycles. The van der Waals surface area contributed by atoms with Crippen LogP contribution in [0.3, 0.4) is 0 Å². The largest absolute Gasteiger partial charge is 0.326 e. The van der Waals surface area contributed by atoms with Gasteiger partial charge in [0.25, 0.3) is 0 Å². The molecule has 2 fully saturated rings. The summed E-state index contributed by atoms with van der Waals surface area (Å²) in [5.41, 5.74) is 0. The van der Waals surface area contributed by atoms with E-state index in [2.05, 4.69) is 6.07 Å². The minimum absolute atomic E-state index is 0.153. The fourth-order valence-electron chi connectivity index (χ4n) is 3.09. The van der Waals surface area contributed by atoms with Gasteiger partial charge in [-0.25, -0.2) is 0 Å². The van der Waals surface area contributed by atoms with Gasteiger partial charge in [0.2, 0.25) is 5.91 Å². The Hall–Kier alpha value is -1.04. The lowest BCUT2D eigenvalue weighted by Crippen LogP contribution is -2.45. The van der Waals surface area contributed by atoms with Crippen LogP contribution in [0, 0.1) is 17.2 Å². The van der Waals surface area contributed by atoms with E-state index in [0.717, 1.165) is 38.6 Å². The third-order valence-corrected chi connectivity index (χ3v) is 4.14. The third kappa shape index (κ3) is 3.00. The van der Waals surface area contributed by atoms with Crippen LogP contribution in [0.2, 0.25) is 0 Å². The van der Waals surface area contributed by atoms with Gasteiger partial charge in [-0.05, 0) is 32.1 Å². The molecule has 1 saturated carbocycles. The van der Waals surface area contributed by atoms with Crippen molar-refractivity contribution in [2.45, 2.75) is 63.8 Å². The molecule has 0 bridgehead atoms. The van der Waals surface area contributed by atoms with Gasteiger partial charge in [-0.15, -0.1) is 0 Å². The van der Waals surface area contributed by atoms with Crippen molar-refractivity contribution in [1.29, 1.82) is 5.26 Å². The molecule has 3 heteroatoms. The van der Waals surface area contributed by atoms with Crippen LogP contribution >= 0.6 is 0 Å². The minimum Gasteiger partial charge on any atom is -0.326 e. The van der Waals surface area contributed by atoms with Crippen LogP contribution in [-0.4, -0.2) is 23.4 Å². The van der Waals surface area contributed by atoms with Crippen LogP contribution in [0.4, 0.5) is 0 Å². The summed E-state index contributed by atoms with van der Waals surface area (Å²) in [5, 5.41) is 9.12. The van der Waals surface area contributed by atoms with Crippen molar-refractivity contribution in [3.63, 3.8) is 0 Å². The van der Waals surface area contributed by atoms with Gasteiger partial charge in [-0.3, -0.25) is 4.79 Å². The molecular formula is C14H22N2O. The van der Waals surface area contributed by atoms with Crippen molar-refractivity contribution >= 4 is 5.91 Å². The van der Waals surface area contributed by atoms with E-state index in [9.17, 15) is 4.79 Å². The number of nitrogens with zero attached hydrogens (tertiary/aromatic N) is 2. The lowest BCUT2D eigenvalue weighted by atomic mass is 9.95. The van der Waals surface area contributed by atoms with Crippen LogP contribution in [0.25, 0.3) is 0 Å². The number of likely N-dealkylation sites (tertiary alicyclic amines) is 1. The van der Waals surface area contributed by atoms with Crippen molar-refractivity contribution in [2.24, 2.45) is 5.92 Å². The van der Waals surface area contributed by atoms with Crippen LogP contribution < -0.4 is 0 Å². The number of nitriles is 1. The number of hydrogen-bond donors (Lipinski definition) is 0. The summed E-state index contributed by atoms with van der Waals surface area (Å²) in [6.45, 7) is 0.799. The Balaban J connectivity index is 1.99. The molecule has 1 saturated heterocycles. The highest BCUT2D eigenvalue weighted by atomic mass is 16.2. The maximum atomic E-state index is 12.5. The molecule has 0 aromatic heterocycles. The highest BCUT2D eigenvalue weighted by Crippen LogP contribution is 2.27. The van der Waals surface area contributed by atoms with Gasteiger partial charge in [-0.2, -0.15) is 5.26 Å². The smallest absolute Gasteiger partial charge is 0.226 e. The molecule has 0 spiro atoms. The second-order valence-electron chi connectivity index (χ2n) is 5.36. The predicted octanol–water partition coefficient (Wildman–Crippen LogP) is 2.86. The van der Waals surface area contributed by atoms with Crippen molar-refractivity contribution in [2.75, 3.05) is 6.54 Å². The van der Waals surface area contributed by atoms with Crippen LogP contribution in [0.5, 0.6) is 0 Å². The molecule has 17 heavy (non-hydrogen) atoms. The van der Waals surface area contributed by atoms with Crippen LogP contribution in [0.1, 0.15) is 57.8 Å². The standard InChI is InChI=1S/C14H22N2O/c15-11-13-9-5-6-10-16(13)14(17)12-7-3-1-2-4-8-12/h12-13H,1-10H2. The first kappa shape index (κ1) is 12.4. The number of rotatable bonds is 1. The zero-order valence-corrected chi connectivity index (χ0v) is 10.5. The van der Waals surface area contributed by atoms with Gasteiger partial charge in [0, 0.05) is 12.5 Å². The molecule has 0 aromatic carbocycles. The van der Waals surface area contributed by atoms with Gasteiger partial charge in [0.1, 0.15) is 6.04 Å². The van der Waals surface area contributed by atoms with Crippen LogP contribution in [0.15, 0.2) is 0 Å². The summed E-state index contributed by atoms with van der Waals surface area (Å²) in [7, 11) is 0. The van der Waals surface area contributed by atoms with E-state index in [1.54, 1.807) is 0 Å². The summed E-state index contributed by atoms with van der Waals surface area (Å²) in [6.07, 6.45) is 10.00. The number of amides is 1. The Bertz CT molecular complexity index is 300. The summed E-state index contributed by atoms with van der Waals surface area (Å²) in [6, 6.07) is 2.14. The Morgan fingerprint density at radius 2 is 1.65 bits per heavy atom. The van der Waals surface area contributed by atoms with E-state index in [-0.39, 0.29) is 17.9 Å². The highest BCUT2D eigenvalue weighted by molar-refractivity contribution is 5.79. The summed E-state index contributed by atoms with van der Waals surface area (Å²) < 4.78 is 0. The van der Waals surface area contributed by atoms with E-state index >= 15 is 0 Å². The van der Waals surface area contributed by atoms with E-state index in [1.807, 2.05) is 4.90 Å². The number of carbonyl (C=O) groups is 1. The zero-order valence-electron chi connectivity index (χ0n) is 10.5. The molecule has 2 aliphatic rings. The van der Waals surface area contributed by atoms with Crippen molar-refractivity contribution in [3.8, 4) is 6.07 Å². The summed E-state index contributed by atoms with van der Waals surface area (Å²) in [4.78, 5) is 14.3. The lowest BCUT2D eigenvalue weighted by Gasteiger charge is -2.34. The fraction of sp³-hybridized carbons (Fsp3) is 0.857. The second kappa shape index (κ2) is 6.05. The Labute approximate surface area is 104 Å². The maximum absolute atomic E-state index is 12.5. The second-order valence-corrected chi connectivity index (χ2v) is 5.36. The summed E-state index contributed by atoms with van der Waals surface area (Å²) in [5.74, 6) is 0.463. The SMILES string of the molecule is N#CC1CCCCN1C(=O)C1CCCCCC1. The first-order valence-electron chi connectivity index (χ1n) is 7.03. The van der Waals surface area contributed by atoms with Crippen molar-refractivity contribution in [3.05, 3.63) is 0 Å². The van der Waals surface area contributed by atoms with Gasteiger partial charge < -0.3 is 4.90 Å². The number of carbonyl (C=O) groups excluding carboxylic acids is 1. The molecule has 1 unspecified atom stereocenters. The minimum atomic E-state index is -0.153. The normalized spacial score (nSPS) is 27.2. The quantitative estimate of drug-likeness (QED) is 0.655. The van der Waals surface area contributed by atoms with Gasteiger partial charge in [0.15, 0.2) is 0 Å². The fourth-order valence-corrected chi connectivity index (χ4v) is 3.09. The molecule has 0 radical (unpaired) electrons. The molecule has 1 aliphatic heterocycles. The van der Waals surface area contributed by atoms with Crippen molar-refractivity contribution < 1.29 is 4.79 Å². The Morgan fingerprint density at radius 3 is 2.29 bits per heavy atom. The van der Waals surface area contributed by atoms with E-state index in [1.165, 1.54) is 25.7 Å². The van der Waals surface area contributed by atoms with Gasteiger partial charge in [0.05, 0.1) is 6.07 Å². The van der Waals surface area contributed by atoms with Gasteiger partial charge in [-0.1, -0.05) is 25.7 Å². The molecule has 94 valence electrons. The van der Waals surface area contributed by atoms with Gasteiger partial charge >= 0.3 is 0 Å². The van der Waals surface area contributed by atoms with Crippen molar-refractivity contribution in [1.82, 2.24) is 4.90 Å². The first-order chi connectivity index (χ1) is 8.33. The molecule has 0 aromatic rings. The monoisotopic (exact) mass is 234 g/mol. The van der Waals surface area contributed by atoms with E-state index < -0.39 is 0 Å². The topological polar surface area (TPSA) is 44.1 Å². The average molecular weight is 234 g/mol. The highest BCUT2D eigenvalue weighted by Gasteiger charge is 2.31.